The summed E-state index contributed by atoms with van der Waals surface area (Å²) < 4.78 is 0. The van der Waals surface area contributed by atoms with Crippen LogP contribution in [0.4, 0.5) is 5.69 Å². The summed E-state index contributed by atoms with van der Waals surface area (Å²) in [6.07, 6.45) is 5.58. The standard InChI is InChI=1S/C22H29N3O/c1-3-4-5-9-15-21(19-12-7-6-8-13-19)24-25-22(26)17-23-20-14-10-11-18(2)16-20/h6-8,10-14,16,23H,3-5,9,15,17H2,1-2H3,(H,25,26)/b24-21+. The van der Waals surface area contributed by atoms with Crippen molar-refractivity contribution >= 4 is 17.3 Å². The van der Waals surface area contributed by atoms with E-state index in [1.165, 1.54) is 19.3 Å². The highest BCUT2D eigenvalue weighted by molar-refractivity contribution is 6.01. The van der Waals surface area contributed by atoms with Gasteiger partial charge in [-0.05, 0) is 43.0 Å². The van der Waals surface area contributed by atoms with E-state index in [4.69, 9.17) is 0 Å². The molecule has 1 amide bonds. The number of unbranched alkanes of at least 4 members (excludes halogenated alkanes) is 3. The average molecular weight is 351 g/mol. The zero-order valence-corrected chi connectivity index (χ0v) is 15.8. The fourth-order valence-electron chi connectivity index (χ4n) is 2.72. The van der Waals surface area contributed by atoms with Gasteiger partial charge in [0.2, 0.25) is 0 Å². The molecule has 2 rings (SSSR count). The number of hydrazone groups is 1. The molecule has 2 aromatic carbocycles. The molecule has 2 N–H and O–H groups in total. The van der Waals surface area contributed by atoms with Crippen molar-refractivity contribution in [3.05, 3.63) is 65.7 Å². The predicted molar refractivity (Wildman–Crippen MR) is 110 cm³/mol. The molecule has 0 unspecified atom stereocenters. The van der Waals surface area contributed by atoms with Crippen LogP contribution in [-0.4, -0.2) is 18.2 Å². The molecule has 2 aromatic rings. The Morgan fingerprint density at radius 2 is 1.81 bits per heavy atom. The van der Waals surface area contributed by atoms with Crippen molar-refractivity contribution in [2.75, 3.05) is 11.9 Å². The van der Waals surface area contributed by atoms with Crippen LogP contribution >= 0.6 is 0 Å². The quantitative estimate of drug-likeness (QED) is 0.363. The van der Waals surface area contributed by atoms with E-state index < -0.39 is 0 Å². The maximum atomic E-state index is 12.1. The highest BCUT2D eigenvalue weighted by atomic mass is 16.2. The summed E-state index contributed by atoms with van der Waals surface area (Å²) in [7, 11) is 0. The van der Waals surface area contributed by atoms with Gasteiger partial charge in [0, 0.05) is 5.69 Å². The number of aryl methyl sites for hydroxylation is 1. The molecular weight excluding hydrogens is 322 g/mol. The SMILES string of the molecule is CCCCCC/C(=N\NC(=O)CNc1cccc(C)c1)c1ccccc1. The third-order valence-corrected chi connectivity index (χ3v) is 4.16. The minimum atomic E-state index is -0.145. The number of nitrogens with one attached hydrogen (secondary N) is 2. The number of nitrogens with zero attached hydrogens (tertiary/aromatic N) is 1. The van der Waals surface area contributed by atoms with Gasteiger partial charge >= 0.3 is 0 Å². The number of anilines is 1. The first-order chi connectivity index (χ1) is 12.7. The Kier molecular flexibility index (Phi) is 8.40. The first-order valence-electron chi connectivity index (χ1n) is 9.40. The molecule has 0 bridgehead atoms. The molecule has 0 saturated carbocycles. The van der Waals surface area contributed by atoms with Gasteiger partial charge in [0.05, 0.1) is 12.3 Å². The lowest BCUT2D eigenvalue weighted by atomic mass is 10.0. The van der Waals surface area contributed by atoms with E-state index in [0.717, 1.165) is 35.4 Å². The van der Waals surface area contributed by atoms with Crippen LogP contribution < -0.4 is 10.7 Å². The smallest absolute Gasteiger partial charge is 0.259 e. The van der Waals surface area contributed by atoms with Crippen molar-refractivity contribution in [3.63, 3.8) is 0 Å². The molecule has 0 aliphatic heterocycles. The maximum absolute atomic E-state index is 12.1. The lowest BCUT2D eigenvalue weighted by molar-refractivity contribution is -0.119. The number of amides is 1. The number of carbonyl (C=O) groups is 1. The molecule has 0 saturated heterocycles. The van der Waals surface area contributed by atoms with E-state index in [1.807, 2.05) is 61.5 Å². The Morgan fingerprint density at radius 3 is 2.54 bits per heavy atom. The Balaban J connectivity index is 1.91. The van der Waals surface area contributed by atoms with E-state index in [-0.39, 0.29) is 12.5 Å². The molecule has 0 fully saturated rings. The second kappa shape index (κ2) is 11.1. The van der Waals surface area contributed by atoms with Crippen LogP contribution in [0.15, 0.2) is 59.7 Å². The van der Waals surface area contributed by atoms with Gasteiger partial charge in [-0.25, -0.2) is 5.43 Å². The van der Waals surface area contributed by atoms with E-state index >= 15 is 0 Å². The normalized spacial score (nSPS) is 11.2. The summed E-state index contributed by atoms with van der Waals surface area (Å²) in [6, 6.07) is 18.0. The topological polar surface area (TPSA) is 53.5 Å². The first kappa shape index (κ1) is 19.7. The van der Waals surface area contributed by atoms with Crippen LogP contribution in [0.25, 0.3) is 0 Å². The fourth-order valence-corrected chi connectivity index (χ4v) is 2.72. The lowest BCUT2D eigenvalue weighted by Gasteiger charge is -2.09. The molecule has 0 heterocycles. The van der Waals surface area contributed by atoms with Gasteiger partial charge in [-0.3, -0.25) is 4.79 Å². The van der Waals surface area contributed by atoms with E-state index in [1.54, 1.807) is 0 Å². The minimum Gasteiger partial charge on any atom is -0.376 e. The Bertz CT molecular complexity index is 710. The van der Waals surface area contributed by atoms with E-state index in [2.05, 4.69) is 22.8 Å². The van der Waals surface area contributed by atoms with Gasteiger partial charge in [0.25, 0.3) is 5.91 Å². The number of hydrogen-bond acceptors (Lipinski definition) is 3. The predicted octanol–water partition coefficient (Wildman–Crippen LogP) is 4.90. The summed E-state index contributed by atoms with van der Waals surface area (Å²) in [5.74, 6) is -0.145. The molecule has 0 aliphatic carbocycles. The van der Waals surface area contributed by atoms with Crippen LogP contribution in [0.3, 0.4) is 0 Å². The molecule has 0 aromatic heterocycles. The molecule has 0 radical (unpaired) electrons. The van der Waals surface area contributed by atoms with Crippen LogP contribution in [0.5, 0.6) is 0 Å². The Labute approximate surface area is 156 Å². The molecule has 26 heavy (non-hydrogen) atoms. The monoisotopic (exact) mass is 351 g/mol. The highest BCUT2D eigenvalue weighted by Gasteiger charge is 2.06. The summed E-state index contributed by atoms with van der Waals surface area (Å²) in [5.41, 5.74) is 6.79. The van der Waals surface area contributed by atoms with Crippen molar-refractivity contribution in [1.29, 1.82) is 0 Å². The summed E-state index contributed by atoms with van der Waals surface area (Å²) >= 11 is 0. The molecule has 0 aliphatic rings. The van der Waals surface area contributed by atoms with Crippen LogP contribution in [0.2, 0.25) is 0 Å². The number of hydrogen-bond donors (Lipinski definition) is 2. The van der Waals surface area contributed by atoms with Gasteiger partial charge in [0.15, 0.2) is 0 Å². The molecule has 138 valence electrons. The summed E-state index contributed by atoms with van der Waals surface area (Å²) in [4.78, 5) is 12.1. The van der Waals surface area contributed by atoms with Gasteiger partial charge in [-0.15, -0.1) is 0 Å². The number of benzene rings is 2. The third kappa shape index (κ3) is 7.09. The fraction of sp³-hybridized carbons (Fsp3) is 0.364. The van der Waals surface area contributed by atoms with Crippen molar-refractivity contribution in [1.82, 2.24) is 5.43 Å². The first-order valence-corrected chi connectivity index (χ1v) is 9.40. The van der Waals surface area contributed by atoms with Crippen LogP contribution in [0.1, 0.15) is 50.2 Å². The van der Waals surface area contributed by atoms with E-state index in [9.17, 15) is 4.79 Å². The zero-order valence-electron chi connectivity index (χ0n) is 15.8. The van der Waals surface area contributed by atoms with Crippen molar-refractivity contribution in [2.24, 2.45) is 5.10 Å². The number of rotatable bonds is 10. The lowest BCUT2D eigenvalue weighted by Crippen LogP contribution is -2.27. The number of carbonyl (C=O) groups excluding carboxylic acids is 1. The van der Waals surface area contributed by atoms with Crippen LogP contribution in [-0.2, 0) is 4.79 Å². The van der Waals surface area contributed by atoms with Gasteiger partial charge in [0.1, 0.15) is 0 Å². The largest absolute Gasteiger partial charge is 0.376 e. The minimum absolute atomic E-state index is 0.145. The van der Waals surface area contributed by atoms with Gasteiger partial charge < -0.3 is 5.32 Å². The Hall–Kier alpha value is -2.62. The molecule has 0 spiro atoms. The molecule has 0 atom stereocenters. The van der Waals surface area contributed by atoms with Gasteiger partial charge in [-0.2, -0.15) is 5.10 Å². The summed E-state index contributed by atoms with van der Waals surface area (Å²) in [6.45, 7) is 4.43. The van der Waals surface area contributed by atoms with E-state index in [0.29, 0.717) is 0 Å². The second-order valence-electron chi connectivity index (χ2n) is 6.49. The highest BCUT2D eigenvalue weighted by Crippen LogP contribution is 2.11. The average Bonchev–Trinajstić information content (AvgIpc) is 2.66. The zero-order chi connectivity index (χ0) is 18.6. The molecule has 4 nitrogen and oxygen atoms in total. The molecule has 4 heteroatoms. The second-order valence-corrected chi connectivity index (χ2v) is 6.49. The molecular formula is C22H29N3O. The van der Waals surface area contributed by atoms with Crippen LogP contribution in [0, 0.1) is 6.92 Å². The summed E-state index contributed by atoms with van der Waals surface area (Å²) in [5, 5.41) is 7.53. The van der Waals surface area contributed by atoms with Crippen molar-refractivity contribution in [3.8, 4) is 0 Å². The van der Waals surface area contributed by atoms with Gasteiger partial charge in [-0.1, -0.05) is 68.7 Å². The van der Waals surface area contributed by atoms with Crippen molar-refractivity contribution < 1.29 is 4.79 Å². The maximum Gasteiger partial charge on any atom is 0.259 e. The third-order valence-electron chi connectivity index (χ3n) is 4.16. The van der Waals surface area contributed by atoms with Crippen molar-refractivity contribution in [2.45, 2.75) is 46.0 Å². The Morgan fingerprint density at radius 1 is 1.00 bits per heavy atom.